The van der Waals surface area contributed by atoms with Gasteiger partial charge in [-0.15, -0.1) is 0 Å². The van der Waals surface area contributed by atoms with E-state index in [1.165, 1.54) is 12.1 Å². The van der Waals surface area contributed by atoms with Gasteiger partial charge in [-0.3, -0.25) is 30.6 Å². The highest BCUT2D eigenvalue weighted by Gasteiger charge is 2.16. The Balaban J connectivity index is 2.05. The average Bonchev–Trinajstić information content (AvgIpc) is 2.53. The zero-order valence-corrected chi connectivity index (χ0v) is 11.8. The molecule has 2 rings (SSSR count). The molecule has 0 fully saturated rings. The lowest BCUT2D eigenvalue weighted by Crippen LogP contribution is -2.41. The van der Waals surface area contributed by atoms with E-state index in [0.717, 1.165) is 6.07 Å². The normalized spacial score (nSPS) is 9.86. The van der Waals surface area contributed by atoms with Crippen molar-refractivity contribution in [3.8, 4) is 0 Å². The van der Waals surface area contributed by atoms with Gasteiger partial charge >= 0.3 is 0 Å². The number of carbonyl (C=O) groups excluding carboxylic acids is 2. The number of hydrogen-bond acceptors (Lipinski definition) is 4. The minimum Gasteiger partial charge on any atom is -0.267 e. The summed E-state index contributed by atoms with van der Waals surface area (Å²) in [7, 11) is 0. The largest absolute Gasteiger partial charge is 0.288 e. The molecule has 2 aromatic rings. The Hall–Kier alpha value is -2.93. The molecule has 2 aromatic carbocycles. The van der Waals surface area contributed by atoms with Crippen LogP contribution in [0.25, 0.3) is 0 Å². The van der Waals surface area contributed by atoms with Gasteiger partial charge in [-0.2, -0.15) is 0 Å². The summed E-state index contributed by atoms with van der Waals surface area (Å²) in [5.74, 6) is -1.19. The number of nitrogens with one attached hydrogen (secondary N) is 2. The summed E-state index contributed by atoms with van der Waals surface area (Å²) in [6, 6.07) is 11.9. The number of benzene rings is 2. The second kappa shape index (κ2) is 6.68. The number of carbonyl (C=O) groups is 2. The SMILES string of the molecule is O=C(NNC(=O)c1ccc(Cl)c([N+](=O)[O-])c1)c1ccccc1. The van der Waals surface area contributed by atoms with E-state index in [2.05, 4.69) is 10.9 Å². The quantitative estimate of drug-likeness (QED) is 0.669. The van der Waals surface area contributed by atoms with Gasteiger partial charge in [0.2, 0.25) is 0 Å². The van der Waals surface area contributed by atoms with Crippen molar-refractivity contribution in [3.05, 3.63) is 74.8 Å². The van der Waals surface area contributed by atoms with Crippen molar-refractivity contribution in [1.82, 2.24) is 10.9 Å². The molecule has 0 spiro atoms. The fourth-order valence-corrected chi connectivity index (χ4v) is 1.83. The van der Waals surface area contributed by atoms with Crippen molar-refractivity contribution in [2.24, 2.45) is 0 Å². The van der Waals surface area contributed by atoms with Gasteiger partial charge in [0.1, 0.15) is 5.02 Å². The Bertz CT molecular complexity index is 734. The summed E-state index contributed by atoms with van der Waals surface area (Å²) in [5.41, 5.74) is 4.38. The van der Waals surface area contributed by atoms with E-state index in [4.69, 9.17) is 11.6 Å². The van der Waals surface area contributed by atoms with E-state index >= 15 is 0 Å². The van der Waals surface area contributed by atoms with Gasteiger partial charge < -0.3 is 0 Å². The molecule has 0 saturated carbocycles. The van der Waals surface area contributed by atoms with E-state index in [1.54, 1.807) is 30.3 Å². The Kier molecular flexibility index (Phi) is 4.70. The Morgan fingerprint density at radius 1 is 0.955 bits per heavy atom. The third kappa shape index (κ3) is 3.58. The van der Waals surface area contributed by atoms with Crippen LogP contribution in [0.5, 0.6) is 0 Å². The first-order chi connectivity index (χ1) is 10.5. The van der Waals surface area contributed by atoms with Crippen molar-refractivity contribution in [2.45, 2.75) is 0 Å². The van der Waals surface area contributed by atoms with Crippen LogP contribution in [0.1, 0.15) is 20.7 Å². The summed E-state index contributed by atoms with van der Waals surface area (Å²) in [4.78, 5) is 33.7. The summed E-state index contributed by atoms with van der Waals surface area (Å²) in [6.07, 6.45) is 0. The number of halogens is 1. The molecule has 2 amide bonds. The maximum Gasteiger partial charge on any atom is 0.288 e. The van der Waals surface area contributed by atoms with Crippen LogP contribution in [-0.2, 0) is 0 Å². The molecule has 0 aliphatic rings. The molecule has 0 bridgehead atoms. The van der Waals surface area contributed by atoms with Crippen molar-refractivity contribution in [2.75, 3.05) is 0 Å². The highest BCUT2D eigenvalue weighted by molar-refractivity contribution is 6.32. The van der Waals surface area contributed by atoms with Gasteiger partial charge in [0.25, 0.3) is 17.5 Å². The van der Waals surface area contributed by atoms with E-state index in [-0.39, 0.29) is 16.3 Å². The van der Waals surface area contributed by atoms with Crippen LogP contribution < -0.4 is 10.9 Å². The fraction of sp³-hybridized carbons (Fsp3) is 0. The van der Waals surface area contributed by atoms with Crippen LogP contribution in [0.4, 0.5) is 5.69 Å². The summed E-state index contributed by atoms with van der Waals surface area (Å²) in [5, 5.41) is 10.7. The van der Waals surface area contributed by atoms with Gasteiger partial charge in [-0.1, -0.05) is 29.8 Å². The van der Waals surface area contributed by atoms with Gasteiger partial charge in [0.15, 0.2) is 0 Å². The third-order valence-electron chi connectivity index (χ3n) is 2.73. The third-order valence-corrected chi connectivity index (χ3v) is 3.05. The molecule has 2 N–H and O–H groups in total. The molecule has 0 aliphatic carbocycles. The van der Waals surface area contributed by atoms with Gasteiger partial charge in [-0.25, -0.2) is 0 Å². The number of rotatable bonds is 3. The lowest BCUT2D eigenvalue weighted by atomic mass is 10.2. The molecule has 0 radical (unpaired) electrons. The van der Waals surface area contributed by atoms with Crippen molar-refractivity contribution in [3.63, 3.8) is 0 Å². The average molecular weight is 320 g/mol. The molecule has 22 heavy (non-hydrogen) atoms. The molecule has 7 nitrogen and oxygen atoms in total. The monoisotopic (exact) mass is 319 g/mol. The predicted octanol–water partition coefficient (Wildman–Crippen LogP) is 2.32. The van der Waals surface area contributed by atoms with Crippen molar-refractivity contribution < 1.29 is 14.5 Å². The van der Waals surface area contributed by atoms with E-state index in [1.807, 2.05) is 0 Å². The number of nitro groups is 1. The number of amides is 2. The number of nitrogens with zero attached hydrogens (tertiary/aromatic N) is 1. The molecule has 0 aliphatic heterocycles. The standard InChI is InChI=1S/C14H10ClN3O4/c15-11-7-6-10(8-12(11)18(21)22)14(20)17-16-13(19)9-4-2-1-3-5-9/h1-8H,(H,16,19)(H,17,20). The second-order valence-corrected chi connectivity index (χ2v) is 4.60. The number of hydrogen-bond donors (Lipinski definition) is 2. The van der Waals surface area contributed by atoms with Crippen molar-refractivity contribution in [1.29, 1.82) is 0 Å². The van der Waals surface area contributed by atoms with Gasteiger partial charge in [0, 0.05) is 17.2 Å². The zero-order chi connectivity index (χ0) is 16.1. The Labute approximate surface area is 130 Å². The molecule has 0 heterocycles. The first-order valence-electron chi connectivity index (χ1n) is 6.08. The molecular formula is C14H10ClN3O4. The predicted molar refractivity (Wildman–Crippen MR) is 79.5 cm³/mol. The maximum atomic E-state index is 11.9. The van der Waals surface area contributed by atoms with E-state index in [9.17, 15) is 19.7 Å². The van der Waals surface area contributed by atoms with Crippen LogP contribution in [-0.4, -0.2) is 16.7 Å². The smallest absolute Gasteiger partial charge is 0.267 e. The maximum absolute atomic E-state index is 11.9. The zero-order valence-electron chi connectivity index (χ0n) is 11.1. The minimum absolute atomic E-state index is 0.00413. The molecule has 0 atom stereocenters. The topological polar surface area (TPSA) is 101 Å². The Morgan fingerprint density at radius 2 is 1.55 bits per heavy atom. The first-order valence-corrected chi connectivity index (χ1v) is 6.46. The van der Waals surface area contributed by atoms with E-state index in [0.29, 0.717) is 5.56 Å². The lowest BCUT2D eigenvalue weighted by molar-refractivity contribution is -0.384. The van der Waals surface area contributed by atoms with Crippen LogP contribution in [0.15, 0.2) is 48.5 Å². The van der Waals surface area contributed by atoms with Crippen molar-refractivity contribution >= 4 is 29.1 Å². The molecule has 0 aromatic heterocycles. The highest BCUT2D eigenvalue weighted by Crippen LogP contribution is 2.24. The van der Waals surface area contributed by atoms with Crippen LogP contribution in [0.2, 0.25) is 5.02 Å². The summed E-state index contributed by atoms with van der Waals surface area (Å²) in [6.45, 7) is 0. The van der Waals surface area contributed by atoms with Gasteiger partial charge in [-0.05, 0) is 24.3 Å². The number of hydrazine groups is 1. The van der Waals surface area contributed by atoms with Crippen LogP contribution in [0, 0.1) is 10.1 Å². The van der Waals surface area contributed by atoms with Crippen LogP contribution in [0.3, 0.4) is 0 Å². The summed E-state index contributed by atoms with van der Waals surface area (Å²) < 4.78 is 0. The first kappa shape index (κ1) is 15.5. The fourth-order valence-electron chi connectivity index (χ4n) is 1.64. The Morgan fingerprint density at radius 3 is 2.14 bits per heavy atom. The lowest BCUT2D eigenvalue weighted by Gasteiger charge is -2.07. The second-order valence-electron chi connectivity index (χ2n) is 4.20. The molecule has 8 heteroatoms. The number of nitro benzene ring substituents is 1. The highest BCUT2D eigenvalue weighted by atomic mass is 35.5. The molecular weight excluding hydrogens is 310 g/mol. The molecule has 0 unspecified atom stereocenters. The van der Waals surface area contributed by atoms with Crippen LogP contribution >= 0.6 is 11.6 Å². The molecule has 0 saturated heterocycles. The van der Waals surface area contributed by atoms with Gasteiger partial charge in [0.05, 0.1) is 4.92 Å². The van der Waals surface area contributed by atoms with E-state index < -0.39 is 16.7 Å². The molecule has 112 valence electrons. The minimum atomic E-state index is -0.693. The summed E-state index contributed by atoms with van der Waals surface area (Å²) >= 11 is 5.66.